The first-order valence-electron chi connectivity index (χ1n) is 8.84. The predicted molar refractivity (Wildman–Crippen MR) is 113 cm³/mol. The van der Waals surface area contributed by atoms with Crippen molar-refractivity contribution in [2.75, 3.05) is 10.0 Å². The van der Waals surface area contributed by atoms with Crippen LogP contribution in [0.1, 0.15) is 24.1 Å². The Morgan fingerprint density at radius 1 is 1.22 bits per heavy atom. The lowest BCUT2D eigenvalue weighted by atomic mass is 10.1. The molecule has 0 radical (unpaired) electrons. The number of anilines is 2. The summed E-state index contributed by atoms with van der Waals surface area (Å²) >= 11 is 3.26. The van der Waals surface area contributed by atoms with Crippen molar-refractivity contribution in [2.45, 2.75) is 31.4 Å². The van der Waals surface area contributed by atoms with Crippen LogP contribution < -0.4 is 10.0 Å². The Morgan fingerprint density at radius 3 is 2.78 bits per heavy atom. The third-order valence-corrected chi connectivity index (χ3v) is 6.16. The molecule has 1 aromatic carbocycles. The zero-order valence-corrected chi connectivity index (χ0v) is 16.6. The van der Waals surface area contributed by atoms with Crippen LogP contribution in [0.25, 0.3) is 11.1 Å². The number of rotatable bonds is 7. The second-order valence-electron chi connectivity index (χ2n) is 6.62. The van der Waals surface area contributed by atoms with E-state index in [4.69, 9.17) is 0 Å². The van der Waals surface area contributed by atoms with Crippen molar-refractivity contribution in [3.8, 4) is 11.1 Å². The molecule has 0 aliphatic heterocycles. The zero-order valence-electron chi connectivity index (χ0n) is 14.9. The molecule has 1 fully saturated rings. The van der Waals surface area contributed by atoms with Crippen molar-refractivity contribution < 1.29 is 4.79 Å². The Bertz CT molecular complexity index is 935. The van der Waals surface area contributed by atoms with Crippen LogP contribution in [0.15, 0.2) is 48.1 Å². The maximum Gasteiger partial charge on any atom is 0.230 e. The van der Waals surface area contributed by atoms with E-state index in [1.807, 2.05) is 49.0 Å². The number of nitrogens with zero attached hydrogens (tertiary/aromatic N) is 2. The highest BCUT2D eigenvalue weighted by molar-refractivity contribution is 8.01. The molecule has 0 atom stereocenters. The summed E-state index contributed by atoms with van der Waals surface area (Å²) in [5.41, 5.74) is 4.84. The van der Waals surface area contributed by atoms with Gasteiger partial charge in [0.25, 0.3) is 0 Å². The first-order chi connectivity index (χ1) is 13.2. The Kier molecular flexibility index (Phi) is 5.40. The van der Waals surface area contributed by atoms with Gasteiger partial charge in [-0.3, -0.25) is 9.78 Å². The average Bonchev–Trinajstić information content (AvgIpc) is 3.39. The summed E-state index contributed by atoms with van der Waals surface area (Å²) in [6.45, 7) is 2.02. The Balaban J connectivity index is 1.32. The number of aryl methyl sites for hydroxylation is 1. The van der Waals surface area contributed by atoms with Gasteiger partial charge in [-0.15, -0.1) is 11.3 Å². The molecule has 0 spiro atoms. The molecule has 138 valence electrons. The molecule has 2 heterocycles. The van der Waals surface area contributed by atoms with Gasteiger partial charge in [0.2, 0.25) is 5.91 Å². The fourth-order valence-electron chi connectivity index (χ4n) is 2.58. The molecular formula is C20H20N4OS2. The molecule has 2 aromatic heterocycles. The molecule has 0 unspecified atom stereocenters. The summed E-state index contributed by atoms with van der Waals surface area (Å²) in [5.74, 6) is -0.0633. The third-order valence-electron chi connectivity index (χ3n) is 4.11. The SMILES string of the molecule is Cc1cncc(-c2ccc(NC(=O)Cc3csc(NSC4CC4)n3)cc2)c1. The molecule has 1 aliphatic carbocycles. The number of pyridine rings is 1. The van der Waals surface area contributed by atoms with Crippen molar-refractivity contribution in [1.82, 2.24) is 9.97 Å². The summed E-state index contributed by atoms with van der Waals surface area (Å²) in [7, 11) is 0. The predicted octanol–water partition coefficient (Wildman–Crippen LogP) is 4.92. The van der Waals surface area contributed by atoms with E-state index in [1.165, 1.54) is 24.2 Å². The second-order valence-corrected chi connectivity index (χ2v) is 8.58. The van der Waals surface area contributed by atoms with E-state index in [1.54, 1.807) is 11.9 Å². The maximum absolute atomic E-state index is 12.3. The van der Waals surface area contributed by atoms with Crippen molar-refractivity contribution in [3.05, 3.63) is 59.4 Å². The lowest BCUT2D eigenvalue weighted by molar-refractivity contribution is -0.115. The number of aromatic nitrogens is 2. The molecule has 1 aliphatic rings. The quantitative estimate of drug-likeness (QED) is 0.555. The van der Waals surface area contributed by atoms with Gasteiger partial charge in [0, 0.05) is 34.3 Å². The molecule has 4 rings (SSSR count). The lowest BCUT2D eigenvalue weighted by Gasteiger charge is -2.06. The molecule has 0 saturated heterocycles. The third kappa shape index (κ3) is 5.08. The van der Waals surface area contributed by atoms with Gasteiger partial charge in [0.15, 0.2) is 5.13 Å². The number of carbonyl (C=O) groups is 1. The van der Waals surface area contributed by atoms with Crippen molar-refractivity contribution in [1.29, 1.82) is 0 Å². The Hall–Kier alpha value is -2.38. The minimum Gasteiger partial charge on any atom is -0.326 e. The minimum absolute atomic E-state index is 0.0633. The van der Waals surface area contributed by atoms with Gasteiger partial charge in [0.1, 0.15) is 0 Å². The van der Waals surface area contributed by atoms with Crippen LogP contribution in [-0.4, -0.2) is 21.1 Å². The van der Waals surface area contributed by atoms with Gasteiger partial charge in [-0.2, -0.15) is 0 Å². The molecule has 2 N–H and O–H groups in total. The number of nitrogens with one attached hydrogen (secondary N) is 2. The monoisotopic (exact) mass is 396 g/mol. The van der Waals surface area contributed by atoms with E-state index in [0.717, 1.165) is 38.5 Å². The van der Waals surface area contributed by atoms with Crippen LogP contribution in [0.4, 0.5) is 10.8 Å². The summed E-state index contributed by atoms with van der Waals surface area (Å²) in [6, 6.07) is 9.90. The highest BCUT2D eigenvalue weighted by atomic mass is 32.2. The van der Waals surface area contributed by atoms with Gasteiger partial charge in [-0.05, 0) is 61.0 Å². The van der Waals surface area contributed by atoms with Crippen LogP contribution in [-0.2, 0) is 11.2 Å². The van der Waals surface area contributed by atoms with E-state index >= 15 is 0 Å². The smallest absolute Gasteiger partial charge is 0.230 e. The van der Waals surface area contributed by atoms with Gasteiger partial charge < -0.3 is 10.0 Å². The first kappa shape index (κ1) is 18.0. The zero-order chi connectivity index (χ0) is 18.6. The normalized spacial score (nSPS) is 13.4. The molecular weight excluding hydrogens is 376 g/mol. The van der Waals surface area contributed by atoms with E-state index in [9.17, 15) is 4.79 Å². The lowest BCUT2D eigenvalue weighted by Crippen LogP contribution is -2.14. The molecule has 7 heteroatoms. The maximum atomic E-state index is 12.3. The van der Waals surface area contributed by atoms with Crippen LogP contribution >= 0.6 is 23.3 Å². The molecule has 0 bridgehead atoms. The topological polar surface area (TPSA) is 66.9 Å². The fourth-order valence-corrected chi connectivity index (χ4v) is 4.16. The van der Waals surface area contributed by atoms with E-state index in [-0.39, 0.29) is 12.3 Å². The van der Waals surface area contributed by atoms with Crippen molar-refractivity contribution >= 4 is 40.0 Å². The number of thiazole rings is 1. The van der Waals surface area contributed by atoms with Gasteiger partial charge >= 0.3 is 0 Å². The summed E-state index contributed by atoms with van der Waals surface area (Å²) in [6.07, 6.45) is 6.50. The number of carbonyl (C=O) groups excluding carboxylic acids is 1. The number of amides is 1. The standard InChI is InChI=1S/C20H20N4OS2/c1-13-8-15(11-21-10-13)14-2-4-16(5-3-14)22-19(25)9-17-12-26-20(23-17)24-27-18-6-7-18/h2-5,8,10-12,18H,6-7,9H2,1H3,(H,22,25)(H,23,24). The van der Waals surface area contributed by atoms with Crippen LogP contribution in [0.3, 0.4) is 0 Å². The Morgan fingerprint density at radius 2 is 2.04 bits per heavy atom. The van der Waals surface area contributed by atoms with Gasteiger partial charge in [0.05, 0.1) is 12.1 Å². The molecule has 3 aromatic rings. The highest BCUT2D eigenvalue weighted by Gasteiger charge is 2.22. The van der Waals surface area contributed by atoms with E-state index < -0.39 is 0 Å². The largest absolute Gasteiger partial charge is 0.326 e. The highest BCUT2D eigenvalue weighted by Crippen LogP contribution is 2.35. The van der Waals surface area contributed by atoms with Crippen molar-refractivity contribution in [2.24, 2.45) is 0 Å². The van der Waals surface area contributed by atoms with Gasteiger partial charge in [-0.1, -0.05) is 12.1 Å². The summed E-state index contributed by atoms with van der Waals surface area (Å²) < 4.78 is 3.26. The van der Waals surface area contributed by atoms with E-state index in [2.05, 4.69) is 26.1 Å². The minimum atomic E-state index is -0.0633. The fraction of sp³-hybridized carbons (Fsp3) is 0.250. The number of hydrogen-bond donors (Lipinski definition) is 2. The average molecular weight is 397 g/mol. The van der Waals surface area contributed by atoms with Crippen LogP contribution in [0.5, 0.6) is 0 Å². The Labute approximate surface area is 166 Å². The van der Waals surface area contributed by atoms with Crippen molar-refractivity contribution in [3.63, 3.8) is 0 Å². The molecule has 1 saturated carbocycles. The molecule has 5 nitrogen and oxygen atoms in total. The van der Waals surface area contributed by atoms with Crippen LogP contribution in [0.2, 0.25) is 0 Å². The second kappa shape index (κ2) is 8.10. The molecule has 1 amide bonds. The molecule has 27 heavy (non-hydrogen) atoms. The van der Waals surface area contributed by atoms with E-state index in [0.29, 0.717) is 0 Å². The van der Waals surface area contributed by atoms with Crippen LogP contribution in [0, 0.1) is 6.92 Å². The summed E-state index contributed by atoms with van der Waals surface area (Å²) in [5, 5.41) is 6.46. The summed E-state index contributed by atoms with van der Waals surface area (Å²) in [4.78, 5) is 21.0. The van der Waals surface area contributed by atoms with Gasteiger partial charge in [-0.25, -0.2) is 4.98 Å². The number of hydrogen-bond acceptors (Lipinski definition) is 6. The number of benzene rings is 1. The first-order valence-corrected chi connectivity index (χ1v) is 10.6.